The number of aromatic nitrogens is 2. The van der Waals surface area contributed by atoms with Crippen molar-refractivity contribution in [2.45, 2.75) is 32.4 Å². The first-order valence-corrected chi connectivity index (χ1v) is 8.06. The fourth-order valence-corrected chi connectivity index (χ4v) is 3.50. The van der Waals surface area contributed by atoms with Gasteiger partial charge in [0, 0.05) is 30.1 Å². The summed E-state index contributed by atoms with van der Waals surface area (Å²) in [4.78, 5) is 4.47. The van der Waals surface area contributed by atoms with Gasteiger partial charge in [0.1, 0.15) is 18.1 Å². The van der Waals surface area contributed by atoms with E-state index in [1.165, 1.54) is 12.1 Å². The summed E-state index contributed by atoms with van der Waals surface area (Å²) in [5, 5.41) is 3.44. The van der Waals surface area contributed by atoms with Crippen molar-refractivity contribution in [1.29, 1.82) is 0 Å². The van der Waals surface area contributed by atoms with Crippen LogP contribution in [-0.4, -0.2) is 15.9 Å². The predicted octanol–water partition coefficient (Wildman–Crippen LogP) is 4.24. The molecule has 1 aliphatic rings. The maximum Gasteiger partial charge on any atom is 0.141 e. The summed E-state index contributed by atoms with van der Waals surface area (Å²) < 4.78 is 28.3. The van der Waals surface area contributed by atoms with Gasteiger partial charge >= 0.3 is 0 Å². The van der Waals surface area contributed by atoms with Gasteiger partial charge < -0.3 is 9.72 Å². The number of halogens is 2. The van der Waals surface area contributed by atoms with E-state index in [1.54, 1.807) is 18.3 Å². The van der Waals surface area contributed by atoms with Crippen LogP contribution in [0.5, 0.6) is 0 Å². The summed E-state index contributed by atoms with van der Waals surface area (Å²) in [6.45, 7) is 4.58. The zero-order valence-corrected chi connectivity index (χ0v) is 13.7. The van der Waals surface area contributed by atoms with Crippen LogP contribution in [0.15, 0.2) is 36.5 Å². The predicted molar refractivity (Wildman–Crippen MR) is 90.7 cm³/mol. The van der Waals surface area contributed by atoms with E-state index >= 15 is 0 Å². The molecule has 0 radical (unpaired) electrons. The molecule has 24 heavy (non-hydrogen) atoms. The SMILES string of the molecule is CC1(C)CNc2cc(Cc3ccc(F)cc3)c3nc(CF)cn3c21. The number of anilines is 1. The molecule has 0 atom stereocenters. The lowest BCUT2D eigenvalue weighted by atomic mass is 9.90. The molecule has 0 aliphatic carbocycles. The van der Waals surface area contributed by atoms with E-state index < -0.39 is 6.67 Å². The number of hydrogen-bond acceptors (Lipinski definition) is 2. The Labute approximate surface area is 139 Å². The van der Waals surface area contributed by atoms with Gasteiger partial charge in [-0.25, -0.2) is 13.8 Å². The van der Waals surface area contributed by atoms with Gasteiger partial charge in [0.25, 0.3) is 0 Å². The molecule has 1 N–H and O–H groups in total. The number of imidazole rings is 1. The van der Waals surface area contributed by atoms with Gasteiger partial charge in [-0.15, -0.1) is 0 Å². The van der Waals surface area contributed by atoms with Gasteiger partial charge in [-0.05, 0) is 23.8 Å². The van der Waals surface area contributed by atoms with Crippen LogP contribution in [0.4, 0.5) is 14.5 Å². The minimum atomic E-state index is -0.583. The van der Waals surface area contributed by atoms with Gasteiger partial charge in [0.15, 0.2) is 0 Å². The molecule has 0 unspecified atom stereocenters. The van der Waals surface area contributed by atoms with Crippen LogP contribution >= 0.6 is 0 Å². The van der Waals surface area contributed by atoms with Gasteiger partial charge in [-0.2, -0.15) is 0 Å². The van der Waals surface area contributed by atoms with Crippen molar-refractivity contribution in [2.24, 2.45) is 0 Å². The van der Waals surface area contributed by atoms with Crippen LogP contribution in [0.3, 0.4) is 0 Å². The number of nitrogens with zero attached hydrogens (tertiary/aromatic N) is 2. The number of hydrogen-bond donors (Lipinski definition) is 1. The van der Waals surface area contributed by atoms with Crippen LogP contribution < -0.4 is 5.32 Å². The molecule has 0 amide bonds. The molecule has 0 saturated heterocycles. The first kappa shape index (κ1) is 15.1. The Balaban J connectivity index is 1.89. The fourth-order valence-electron chi connectivity index (χ4n) is 3.50. The van der Waals surface area contributed by atoms with Crippen molar-refractivity contribution in [3.63, 3.8) is 0 Å². The van der Waals surface area contributed by atoms with E-state index in [4.69, 9.17) is 0 Å². The van der Waals surface area contributed by atoms with Crippen LogP contribution in [0.2, 0.25) is 0 Å². The lowest BCUT2D eigenvalue weighted by molar-refractivity contribution is 0.477. The molecule has 0 fully saturated rings. The third-order valence-corrected chi connectivity index (χ3v) is 4.66. The van der Waals surface area contributed by atoms with Crippen LogP contribution in [0, 0.1) is 5.82 Å². The maximum absolute atomic E-state index is 13.2. The van der Waals surface area contributed by atoms with Crippen molar-refractivity contribution in [1.82, 2.24) is 9.38 Å². The molecule has 124 valence electrons. The number of pyridine rings is 1. The van der Waals surface area contributed by atoms with E-state index in [0.29, 0.717) is 12.1 Å². The molecule has 2 aromatic heterocycles. The summed E-state index contributed by atoms with van der Waals surface area (Å²) in [5.74, 6) is -0.248. The molecular formula is C19H19F2N3. The third kappa shape index (κ3) is 2.35. The van der Waals surface area contributed by atoms with E-state index in [2.05, 4.69) is 30.2 Å². The first-order chi connectivity index (χ1) is 11.5. The van der Waals surface area contributed by atoms with Crippen molar-refractivity contribution in [3.8, 4) is 0 Å². The lowest BCUT2D eigenvalue weighted by Gasteiger charge is -2.19. The molecule has 0 spiro atoms. The Hall–Kier alpha value is -2.43. The van der Waals surface area contributed by atoms with E-state index in [-0.39, 0.29) is 11.2 Å². The number of rotatable bonds is 3. The largest absolute Gasteiger partial charge is 0.383 e. The van der Waals surface area contributed by atoms with Crippen molar-refractivity contribution in [3.05, 3.63) is 64.9 Å². The minimum absolute atomic E-state index is 0.0454. The molecule has 1 aromatic carbocycles. The summed E-state index contributed by atoms with van der Waals surface area (Å²) in [6.07, 6.45) is 2.42. The highest BCUT2D eigenvalue weighted by Gasteiger charge is 2.33. The summed E-state index contributed by atoms with van der Waals surface area (Å²) in [6, 6.07) is 8.56. The lowest BCUT2D eigenvalue weighted by Crippen LogP contribution is -2.21. The van der Waals surface area contributed by atoms with E-state index in [1.807, 2.05) is 4.40 Å². The standard InChI is InChI=1S/C19H19F2N3/c1-19(2)11-22-16-8-13(7-12-3-5-14(21)6-4-12)18-23-15(9-20)10-24(18)17(16)19/h3-6,8,10,22H,7,9,11H2,1-2H3. The normalized spacial score (nSPS) is 15.5. The number of nitrogens with one attached hydrogen (secondary N) is 1. The molecular weight excluding hydrogens is 308 g/mol. The zero-order valence-electron chi connectivity index (χ0n) is 13.7. The third-order valence-electron chi connectivity index (χ3n) is 4.66. The summed E-state index contributed by atoms with van der Waals surface area (Å²) in [5.41, 5.74) is 5.37. The van der Waals surface area contributed by atoms with Gasteiger partial charge in [0.2, 0.25) is 0 Å². The van der Waals surface area contributed by atoms with Crippen LogP contribution in [0.1, 0.15) is 36.4 Å². The Morgan fingerprint density at radius 2 is 2.00 bits per heavy atom. The highest BCUT2D eigenvalue weighted by atomic mass is 19.1. The average molecular weight is 327 g/mol. The fraction of sp³-hybridized carbons (Fsp3) is 0.316. The monoisotopic (exact) mass is 327 g/mol. The second kappa shape index (κ2) is 5.30. The summed E-state index contributed by atoms with van der Waals surface area (Å²) >= 11 is 0. The molecule has 4 rings (SSSR count). The first-order valence-electron chi connectivity index (χ1n) is 8.06. The highest BCUT2D eigenvalue weighted by molar-refractivity contribution is 5.67. The maximum atomic E-state index is 13.2. The van der Waals surface area contributed by atoms with E-state index in [9.17, 15) is 8.78 Å². The average Bonchev–Trinajstić information content (AvgIpc) is 3.10. The van der Waals surface area contributed by atoms with Crippen molar-refractivity contribution < 1.29 is 8.78 Å². The highest BCUT2D eigenvalue weighted by Crippen LogP contribution is 2.38. The van der Waals surface area contributed by atoms with Gasteiger partial charge in [-0.1, -0.05) is 26.0 Å². The molecule has 5 heteroatoms. The Morgan fingerprint density at radius 3 is 2.71 bits per heavy atom. The smallest absolute Gasteiger partial charge is 0.141 e. The molecule has 3 heterocycles. The molecule has 3 nitrogen and oxygen atoms in total. The summed E-state index contributed by atoms with van der Waals surface area (Å²) in [7, 11) is 0. The Kier molecular flexibility index (Phi) is 3.34. The molecule has 3 aromatic rings. The second-order valence-electron chi connectivity index (χ2n) is 7.03. The Morgan fingerprint density at radius 1 is 1.25 bits per heavy atom. The second-order valence-corrected chi connectivity index (χ2v) is 7.03. The minimum Gasteiger partial charge on any atom is -0.383 e. The van der Waals surface area contributed by atoms with Crippen molar-refractivity contribution in [2.75, 3.05) is 11.9 Å². The molecule has 0 bridgehead atoms. The number of alkyl halides is 1. The Bertz CT molecular complexity index is 911. The number of fused-ring (bicyclic) bond motifs is 3. The van der Waals surface area contributed by atoms with Crippen LogP contribution in [0.25, 0.3) is 5.65 Å². The van der Waals surface area contributed by atoms with Gasteiger partial charge in [-0.3, -0.25) is 0 Å². The van der Waals surface area contributed by atoms with E-state index in [0.717, 1.165) is 34.7 Å². The topological polar surface area (TPSA) is 29.3 Å². The van der Waals surface area contributed by atoms with Crippen LogP contribution in [-0.2, 0) is 18.5 Å². The quantitative estimate of drug-likeness (QED) is 0.780. The van der Waals surface area contributed by atoms with Crippen molar-refractivity contribution >= 4 is 11.3 Å². The molecule has 1 aliphatic heterocycles. The zero-order chi connectivity index (χ0) is 16.9. The number of benzene rings is 1. The molecule has 0 saturated carbocycles. The van der Waals surface area contributed by atoms with Gasteiger partial charge in [0.05, 0.1) is 17.1 Å².